The molecule has 3 atom stereocenters. The Morgan fingerprint density at radius 2 is 2.07 bits per heavy atom. The number of carbonyl (C=O) groups excluding carboxylic acids is 1. The molecule has 1 fully saturated rings. The van der Waals surface area contributed by atoms with Crippen LogP contribution >= 0.6 is 0 Å². The van der Waals surface area contributed by atoms with Gasteiger partial charge in [0.05, 0.1) is 18.9 Å². The summed E-state index contributed by atoms with van der Waals surface area (Å²) in [6.45, 7) is 1.96. The Kier molecular flexibility index (Phi) is 3.49. The van der Waals surface area contributed by atoms with Gasteiger partial charge < -0.3 is 9.84 Å². The fourth-order valence-electron chi connectivity index (χ4n) is 2.24. The van der Waals surface area contributed by atoms with Gasteiger partial charge in [0.15, 0.2) is 0 Å². The molecule has 0 aromatic carbocycles. The molecule has 14 heavy (non-hydrogen) atoms. The third-order valence-electron chi connectivity index (χ3n) is 3.07. The third-order valence-corrected chi connectivity index (χ3v) is 3.07. The van der Waals surface area contributed by atoms with E-state index in [9.17, 15) is 9.59 Å². The van der Waals surface area contributed by atoms with Crippen molar-refractivity contribution in [3.8, 4) is 0 Å². The van der Waals surface area contributed by atoms with Gasteiger partial charge in [0.2, 0.25) is 0 Å². The Labute approximate surface area is 83.2 Å². The predicted octanol–water partition coefficient (Wildman–Crippen LogP) is 1.30. The van der Waals surface area contributed by atoms with Crippen molar-refractivity contribution in [2.45, 2.75) is 26.2 Å². The maximum absolute atomic E-state index is 11.2. The Morgan fingerprint density at radius 3 is 2.43 bits per heavy atom. The first-order valence-electron chi connectivity index (χ1n) is 4.90. The lowest BCUT2D eigenvalue weighted by molar-refractivity contribution is -0.145. The van der Waals surface area contributed by atoms with Gasteiger partial charge in [-0.2, -0.15) is 0 Å². The first-order chi connectivity index (χ1) is 6.60. The monoisotopic (exact) mass is 200 g/mol. The molecule has 0 unspecified atom stereocenters. The highest BCUT2D eigenvalue weighted by molar-refractivity contribution is 5.76. The van der Waals surface area contributed by atoms with Crippen LogP contribution in [0.3, 0.4) is 0 Å². The number of hydrogen-bond acceptors (Lipinski definition) is 3. The largest absolute Gasteiger partial charge is 0.481 e. The average molecular weight is 200 g/mol. The molecular weight excluding hydrogens is 184 g/mol. The van der Waals surface area contributed by atoms with Crippen LogP contribution in [0, 0.1) is 17.8 Å². The summed E-state index contributed by atoms with van der Waals surface area (Å²) in [5.41, 5.74) is 0. The summed E-state index contributed by atoms with van der Waals surface area (Å²) in [5.74, 6) is -1.53. The highest BCUT2D eigenvalue weighted by Gasteiger charge is 2.41. The van der Waals surface area contributed by atoms with E-state index in [-0.39, 0.29) is 23.7 Å². The molecule has 80 valence electrons. The van der Waals surface area contributed by atoms with Crippen LogP contribution in [-0.2, 0) is 14.3 Å². The normalized spacial score (nSPS) is 31.4. The van der Waals surface area contributed by atoms with E-state index in [1.54, 1.807) is 0 Å². The van der Waals surface area contributed by atoms with Gasteiger partial charge in [-0.25, -0.2) is 0 Å². The molecule has 0 aliphatic heterocycles. The summed E-state index contributed by atoms with van der Waals surface area (Å²) in [4.78, 5) is 22.1. The van der Waals surface area contributed by atoms with E-state index < -0.39 is 5.97 Å². The Balaban J connectivity index is 2.65. The summed E-state index contributed by atoms with van der Waals surface area (Å²) >= 11 is 0. The van der Waals surface area contributed by atoms with Crippen LogP contribution < -0.4 is 0 Å². The van der Waals surface area contributed by atoms with Crippen molar-refractivity contribution >= 4 is 11.9 Å². The lowest BCUT2D eigenvalue weighted by atomic mass is 9.94. The highest BCUT2D eigenvalue weighted by Crippen LogP contribution is 2.38. The minimum absolute atomic E-state index is 0.122. The summed E-state index contributed by atoms with van der Waals surface area (Å²) in [6, 6.07) is 0. The van der Waals surface area contributed by atoms with Gasteiger partial charge >= 0.3 is 11.9 Å². The van der Waals surface area contributed by atoms with Crippen LogP contribution in [0.5, 0.6) is 0 Å². The number of ether oxygens (including phenoxy) is 1. The van der Waals surface area contributed by atoms with Crippen molar-refractivity contribution < 1.29 is 19.4 Å². The standard InChI is InChI=1S/C10H16O4/c1-3-6-4-7(10(13)14-2)5-8(6)9(11)12/h6-8H,3-5H2,1-2H3,(H,11,12)/t6-,7+,8+/m1/s1. The molecule has 1 saturated carbocycles. The number of esters is 1. The SMILES string of the molecule is CC[C@@H]1C[C@H](C(=O)OC)C[C@@H]1C(=O)O. The van der Waals surface area contributed by atoms with Crippen molar-refractivity contribution in [2.24, 2.45) is 17.8 Å². The molecule has 4 nitrogen and oxygen atoms in total. The first kappa shape index (κ1) is 11.0. The summed E-state index contributed by atoms with van der Waals surface area (Å²) in [6.07, 6.45) is 1.89. The number of carboxylic acids is 1. The molecule has 0 aromatic heterocycles. The van der Waals surface area contributed by atoms with Gasteiger partial charge in [0.25, 0.3) is 0 Å². The van der Waals surface area contributed by atoms with E-state index in [4.69, 9.17) is 5.11 Å². The van der Waals surface area contributed by atoms with Gasteiger partial charge in [0.1, 0.15) is 0 Å². The summed E-state index contributed by atoms with van der Waals surface area (Å²) < 4.78 is 4.62. The summed E-state index contributed by atoms with van der Waals surface area (Å²) in [5, 5.41) is 8.93. The van der Waals surface area contributed by atoms with E-state index in [1.807, 2.05) is 6.92 Å². The first-order valence-corrected chi connectivity index (χ1v) is 4.90. The molecule has 4 heteroatoms. The molecule has 0 spiro atoms. The van der Waals surface area contributed by atoms with Crippen molar-refractivity contribution in [3.05, 3.63) is 0 Å². The van der Waals surface area contributed by atoms with Gasteiger partial charge in [0, 0.05) is 0 Å². The number of hydrogen-bond donors (Lipinski definition) is 1. The number of carboxylic acid groups (broad SMARTS) is 1. The van der Waals surface area contributed by atoms with E-state index >= 15 is 0 Å². The van der Waals surface area contributed by atoms with E-state index in [2.05, 4.69) is 4.74 Å². The van der Waals surface area contributed by atoms with Crippen LogP contribution in [0.15, 0.2) is 0 Å². The third kappa shape index (κ3) is 2.05. The molecule has 0 amide bonds. The predicted molar refractivity (Wildman–Crippen MR) is 49.6 cm³/mol. The van der Waals surface area contributed by atoms with Crippen LogP contribution in [0.4, 0.5) is 0 Å². The maximum atomic E-state index is 11.2. The fraction of sp³-hybridized carbons (Fsp3) is 0.800. The molecular formula is C10H16O4. The van der Waals surface area contributed by atoms with E-state index in [1.165, 1.54) is 7.11 Å². The Morgan fingerprint density at radius 1 is 1.43 bits per heavy atom. The molecule has 1 N–H and O–H groups in total. The Bertz CT molecular complexity index is 236. The zero-order valence-corrected chi connectivity index (χ0v) is 8.53. The molecule has 0 heterocycles. The van der Waals surface area contributed by atoms with Gasteiger partial charge in [-0.3, -0.25) is 9.59 Å². The topological polar surface area (TPSA) is 63.6 Å². The van der Waals surface area contributed by atoms with Crippen molar-refractivity contribution in [1.82, 2.24) is 0 Å². The summed E-state index contributed by atoms with van der Waals surface area (Å²) in [7, 11) is 1.34. The molecule has 1 aliphatic rings. The minimum Gasteiger partial charge on any atom is -0.481 e. The van der Waals surface area contributed by atoms with Gasteiger partial charge in [-0.1, -0.05) is 13.3 Å². The van der Waals surface area contributed by atoms with E-state index in [0.29, 0.717) is 12.8 Å². The highest BCUT2D eigenvalue weighted by atomic mass is 16.5. The number of carbonyl (C=O) groups is 2. The van der Waals surface area contributed by atoms with Crippen LogP contribution in [0.2, 0.25) is 0 Å². The lowest BCUT2D eigenvalue weighted by Crippen LogP contribution is -2.18. The van der Waals surface area contributed by atoms with Crippen LogP contribution in [0.1, 0.15) is 26.2 Å². The molecule has 0 saturated heterocycles. The Hall–Kier alpha value is -1.06. The van der Waals surface area contributed by atoms with Gasteiger partial charge in [-0.05, 0) is 18.8 Å². The second-order valence-electron chi connectivity index (χ2n) is 3.80. The molecule has 0 aromatic rings. The minimum atomic E-state index is -0.789. The lowest BCUT2D eigenvalue weighted by Gasteiger charge is -2.11. The number of methoxy groups -OCH3 is 1. The van der Waals surface area contributed by atoms with Crippen molar-refractivity contribution in [1.29, 1.82) is 0 Å². The smallest absolute Gasteiger partial charge is 0.308 e. The maximum Gasteiger partial charge on any atom is 0.308 e. The van der Waals surface area contributed by atoms with Crippen molar-refractivity contribution in [2.75, 3.05) is 7.11 Å². The molecule has 1 aliphatic carbocycles. The van der Waals surface area contributed by atoms with Gasteiger partial charge in [-0.15, -0.1) is 0 Å². The number of rotatable bonds is 3. The second kappa shape index (κ2) is 4.44. The second-order valence-corrected chi connectivity index (χ2v) is 3.80. The number of aliphatic carboxylic acids is 1. The zero-order valence-electron chi connectivity index (χ0n) is 8.53. The van der Waals surface area contributed by atoms with Crippen LogP contribution in [0.25, 0.3) is 0 Å². The fourth-order valence-corrected chi connectivity index (χ4v) is 2.24. The molecule has 1 rings (SSSR count). The van der Waals surface area contributed by atoms with E-state index in [0.717, 1.165) is 6.42 Å². The van der Waals surface area contributed by atoms with Crippen molar-refractivity contribution in [3.63, 3.8) is 0 Å². The van der Waals surface area contributed by atoms with Crippen LogP contribution in [-0.4, -0.2) is 24.2 Å². The molecule has 0 radical (unpaired) electrons. The quantitative estimate of drug-likeness (QED) is 0.697. The zero-order chi connectivity index (χ0) is 10.7. The molecule has 0 bridgehead atoms. The average Bonchev–Trinajstić information content (AvgIpc) is 2.60.